The number of pyridine rings is 1. The third kappa shape index (κ3) is 3.86. The van der Waals surface area contributed by atoms with E-state index in [1.807, 2.05) is 0 Å². The first-order valence-electron chi connectivity index (χ1n) is 9.75. The first kappa shape index (κ1) is 21.3. The summed E-state index contributed by atoms with van der Waals surface area (Å²) >= 11 is 0. The molecule has 1 atom stereocenters. The molecule has 3 heterocycles. The molecule has 0 aliphatic carbocycles. The summed E-state index contributed by atoms with van der Waals surface area (Å²) in [6.07, 6.45) is 2.94. The second-order valence-electron chi connectivity index (χ2n) is 7.52. The number of nitrogens with one attached hydrogen (secondary N) is 1. The molecule has 32 heavy (non-hydrogen) atoms. The lowest BCUT2D eigenvalue weighted by Gasteiger charge is -2.34. The topological polar surface area (TPSA) is 105 Å². The number of benzene rings is 1. The van der Waals surface area contributed by atoms with Crippen LogP contribution in [0.4, 0.5) is 8.78 Å². The summed E-state index contributed by atoms with van der Waals surface area (Å²) in [6.45, 7) is -0.0381. The molecule has 2 aromatic heterocycles. The average molecular weight is 443 g/mol. The number of ketones is 1. The van der Waals surface area contributed by atoms with Crippen molar-refractivity contribution in [2.24, 2.45) is 5.92 Å². The van der Waals surface area contributed by atoms with Gasteiger partial charge in [-0.15, -0.1) is 0 Å². The lowest BCUT2D eigenvalue weighted by molar-refractivity contribution is 0.0875. The Morgan fingerprint density at radius 3 is 2.75 bits per heavy atom. The fourth-order valence-electron chi connectivity index (χ4n) is 3.70. The predicted octanol–water partition coefficient (Wildman–Crippen LogP) is 1.98. The highest BCUT2D eigenvalue weighted by Gasteiger charge is 2.35. The number of hydrogen-bond acceptors (Lipinski definition) is 6. The van der Waals surface area contributed by atoms with Crippen LogP contribution in [0.5, 0.6) is 5.75 Å². The summed E-state index contributed by atoms with van der Waals surface area (Å²) in [5, 5.41) is 14.4. The Kier molecular flexibility index (Phi) is 5.52. The Labute approximate surface area is 180 Å². The fraction of sp³-hybridized carbons (Fsp3) is 0.227. The van der Waals surface area contributed by atoms with Crippen LogP contribution >= 0.6 is 0 Å². The van der Waals surface area contributed by atoms with Gasteiger partial charge in [-0.3, -0.25) is 19.1 Å². The molecule has 0 radical (unpaired) electrons. The number of halogens is 2. The van der Waals surface area contributed by atoms with Gasteiger partial charge in [0.15, 0.2) is 17.2 Å². The summed E-state index contributed by atoms with van der Waals surface area (Å²) in [5.41, 5.74) is -1.64. The normalized spacial score (nSPS) is 15.5. The van der Waals surface area contributed by atoms with Crippen molar-refractivity contribution in [2.75, 3.05) is 18.6 Å². The maximum Gasteiger partial charge on any atom is 0.257 e. The molecule has 0 bridgehead atoms. The number of hydrogen-bond donors (Lipinski definition) is 2. The minimum Gasteiger partial charge on any atom is -0.503 e. The number of furan rings is 1. The zero-order chi connectivity index (χ0) is 23.0. The molecule has 4 rings (SSSR count). The van der Waals surface area contributed by atoms with Gasteiger partial charge >= 0.3 is 0 Å². The van der Waals surface area contributed by atoms with Gasteiger partial charge in [0.25, 0.3) is 5.91 Å². The van der Waals surface area contributed by atoms with Crippen LogP contribution in [-0.2, 0) is 13.0 Å². The Morgan fingerprint density at radius 1 is 1.28 bits per heavy atom. The minimum atomic E-state index is -1.02. The minimum absolute atomic E-state index is 0.0232. The molecule has 1 aliphatic rings. The summed E-state index contributed by atoms with van der Waals surface area (Å²) < 4.78 is 33.4. The van der Waals surface area contributed by atoms with E-state index in [-0.39, 0.29) is 30.8 Å². The van der Waals surface area contributed by atoms with E-state index in [2.05, 4.69) is 5.32 Å². The predicted molar refractivity (Wildman–Crippen MR) is 109 cm³/mol. The average Bonchev–Trinajstić information content (AvgIpc) is 3.26. The van der Waals surface area contributed by atoms with E-state index in [9.17, 15) is 28.3 Å². The van der Waals surface area contributed by atoms with E-state index in [0.717, 1.165) is 12.3 Å². The van der Waals surface area contributed by atoms with Gasteiger partial charge in [-0.25, -0.2) is 8.78 Å². The second kappa shape index (κ2) is 8.29. The van der Waals surface area contributed by atoms with Crippen LogP contribution in [0.3, 0.4) is 0 Å². The van der Waals surface area contributed by atoms with Gasteiger partial charge in [0.1, 0.15) is 23.0 Å². The van der Waals surface area contributed by atoms with Crippen LogP contribution in [0, 0.1) is 17.6 Å². The van der Waals surface area contributed by atoms with Crippen molar-refractivity contribution in [3.63, 3.8) is 0 Å². The van der Waals surface area contributed by atoms with Crippen LogP contribution in [0.1, 0.15) is 32.2 Å². The molecular formula is C22H19F2N3O5. The highest BCUT2D eigenvalue weighted by Crippen LogP contribution is 2.25. The number of carbonyl (C=O) groups excluding carboxylic acids is 2. The smallest absolute Gasteiger partial charge is 0.257 e. The van der Waals surface area contributed by atoms with E-state index in [1.54, 1.807) is 24.2 Å². The van der Waals surface area contributed by atoms with Crippen molar-refractivity contribution in [3.05, 3.63) is 87.2 Å². The molecular weight excluding hydrogens is 424 g/mol. The van der Waals surface area contributed by atoms with E-state index < -0.39 is 46.0 Å². The second-order valence-corrected chi connectivity index (χ2v) is 7.52. The van der Waals surface area contributed by atoms with E-state index in [0.29, 0.717) is 11.8 Å². The molecule has 0 saturated carbocycles. The number of aromatic hydroxyl groups is 1. The molecule has 1 amide bonds. The number of fused-ring (bicyclic) bond motifs is 1. The van der Waals surface area contributed by atoms with Gasteiger partial charge < -0.3 is 19.8 Å². The van der Waals surface area contributed by atoms with E-state index in [4.69, 9.17) is 4.42 Å². The maximum absolute atomic E-state index is 13.8. The van der Waals surface area contributed by atoms with Crippen LogP contribution in [0.2, 0.25) is 0 Å². The maximum atomic E-state index is 13.8. The molecule has 0 fully saturated rings. The number of aromatic nitrogens is 1. The first-order chi connectivity index (χ1) is 15.3. The molecule has 0 spiro atoms. The summed E-state index contributed by atoms with van der Waals surface area (Å²) in [4.78, 5) is 38.2. The van der Waals surface area contributed by atoms with Gasteiger partial charge in [0.2, 0.25) is 5.43 Å². The lowest BCUT2D eigenvalue weighted by Crippen LogP contribution is -2.48. The summed E-state index contributed by atoms with van der Waals surface area (Å²) in [5.74, 6) is -3.73. The molecule has 3 aromatic rings. The van der Waals surface area contributed by atoms with E-state index in [1.165, 1.54) is 17.0 Å². The first-order valence-corrected chi connectivity index (χ1v) is 9.75. The number of Topliss-reactive ketones (excluding diaryl/α,β-unsaturated/α-hetero) is 1. The quantitative estimate of drug-likeness (QED) is 0.625. The Balaban J connectivity index is 1.60. The third-order valence-electron chi connectivity index (χ3n) is 5.35. The van der Waals surface area contributed by atoms with Crippen LogP contribution in [-0.4, -0.2) is 35.1 Å². The largest absolute Gasteiger partial charge is 0.503 e. The molecule has 0 saturated heterocycles. The number of rotatable bonds is 5. The number of carbonyl (C=O) groups is 2. The molecule has 8 nitrogen and oxygen atoms in total. The van der Waals surface area contributed by atoms with Crippen molar-refractivity contribution in [1.29, 1.82) is 0 Å². The third-order valence-corrected chi connectivity index (χ3v) is 5.35. The van der Waals surface area contributed by atoms with E-state index >= 15 is 0 Å². The molecule has 1 aromatic carbocycles. The SMILES string of the molecule is CN1CC(Cc2ccco2)C(=O)c2c(O)c(=O)c(C(=O)NCc3ccc(F)cc3F)cn21. The van der Waals surface area contributed by atoms with Gasteiger partial charge in [-0.1, -0.05) is 6.07 Å². The zero-order valence-corrected chi connectivity index (χ0v) is 17.0. The van der Waals surface area contributed by atoms with Crippen molar-refractivity contribution in [2.45, 2.75) is 13.0 Å². The van der Waals surface area contributed by atoms with Gasteiger partial charge in [-0.2, -0.15) is 0 Å². The standard InChI is InChI=1S/C22H19F2N3O5/c1-26-10-13(7-15-3-2-6-32-15)19(28)18-21(30)20(29)16(11-27(18)26)22(31)25-9-12-4-5-14(23)8-17(12)24/h2-6,8,11,13,30H,7,9-10H2,1H3,(H,25,31). The van der Waals surface area contributed by atoms with Crippen LogP contribution < -0.4 is 15.8 Å². The summed E-state index contributed by atoms with van der Waals surface area (Å²) in [6, 6.07) is 6.33. The molecule has 10 heteroatoms. The number of amides is 1. The monoisotopic (exact) mass is 443 g/mol. The van der Waals surface area contributed by atoms with Crippen molar-refractivity contribution in [1.82, 2.24) is 9.99 Å². The van der Waals surface area contributed by atoms with Crippen molar-refractivity contribution in [3.8, 4) is 5.75 Å². The highest BCUT2D eigenvalue weighted by molar-refractivity contribution is 6.01. The Morgan fingerprint density at radius 2 is 2.06 bits per heavy atom. The van der Waals surface area contributed by atoms with Crippen LogP contribution in [0.15, 0.2) is 52.0 Å². The lowest BCUT2D eigenvalue weighted by atomic mass is 9.93. The van der Waals surface area contributed by atoms with Crippen molar-refractivity contribution < 1.29 is 27.9 Å². The number of nitrogens with zero attached hydrogens (tertiary/aromatic N) is 2. The Bertz CT molecular complexity index is 1250. The molecule has 2 N–H and O–H groups in total. The molecule has 1 aliphatic heterocycles. The van der Waals surface area contributed by atoms with Crippen LogP contribution in [0.25, 0.3) is 0 Å². The zero-order valence-electron chi connectivity index (χ0n) is 17.0. The summed E-state index contributed by atoms with van der Waals surface area (Å²) in [7, 11) is 1.64. The van der Waals surface area contributed by atoms with Gasteiger partial charge in [-0.05, 0) is 18.2 Å². The Hall–Kier alpha value is -3.95. The van der Waals surface area contributed by atoms with Crippen molar-refractivity contribution >= 4 is 11.7 Å². The fourth-order valence-corrected chi connectivity index (χ4v) is 3.70. The van der Waals surface area contributed by atoms with Gasteiger partial charge in [0.05, 0.1) is 12.2 Å². The molecule has 1 unspecified atom stereocenters. The highest BCUT2D eigenvalue weighted by atomic mass is 19.1. The molecule has 166 valence electrons. The van der Waals surface area contributed by atoms with Gasteiger partial charge in [0, 0.05) is 44.4 Å².